The lowest BCUT2D eigenvalue weighted by atomic mass is 10.1. The zero-order chi connectivity index (χ0) is 13.1. The molecular formula is C14H18BrN3. The molecule has 96 valence electrons. The van der Waals surface area contributed by atoms with Gasteiger partial charge in [0.2, 0.25) is 0 Å². The number of hydrogen-bond acceptors (Lipinski definition) is 3. The Hall–Kier alpha value is -1.05. The minimum Gasteiger partial charge on any atom is -0.366 e. The van der Waals surface area contributed by atoms with Gasteiger partial charge in [0.15, 0.2) is 0 Å². The van der Waals surface area contributed by atoms with Crippen LogP contribution in [0.15, 0.2) is 22.7 Å². The minimum absolute atomic E-state index is 0.573. The third kappa shape index (κ3) is 2.85. The van der Waals surface area contributed by atoms with Gasteiger partial charge in [0, 0.05) is 23.6 Å². The molecule has 0 spiro atoms. The quantitative estimate of drug-likeness (QED) is 0.860. The van der Waals surface area contributed by atoms with Crippen molar-refractivity contribution in [2.24, 2.45) is 0 Å². The number of benzene rings is 1. The van der Waals surface area contributed by atoms with Crippen LogP contribution in [0.3, 0.4) is 0 Å². The first-order valence-electron chi connectivity index (χ1n) is 6.23. The molecule has 1 heterocycles. The minimum atomic E-state index is 0.573. The number of anilines is 1. The van der Waals surface area contributed by atoms with Gasteiger partial charge in [-0.15, -0.1) is 0 Å². The fraction of sp³-hybridized carbons (Fsp3) is 0.500. The monoisotopic (exact) mass is 307 g/mol. The second-order valence-corrected chi connectivity index (χ2v) is 5.88. The van der Waals surface area contributed by atoms with Gasteiger partial charge in [-0.3, -0.25) is 0 Å². The summed E-state index contributed by atoms with van der Waals surface area (Å²) < 4.78 is 1.02. The smallest absolute Gasteiger partial charge is 0.0992 e. The number of hydrogen-bond donors (Lipinski definition) is 0. The summed E-state index contributed by atoms with van der Waals surface area (Å²) >= 11 is 3.59. The molecule has 1 unspecified atom stereocenters. The Labute approximate surface area is 117 Å². The lowest BCUT2D eigenvalue weighted by molar-refractivity contribution is 0.372. The van der Waals surface area contributed by atoms with E-state index in [1.165, 1.54) is 18.5 Å². The molecule has 3 nitrogen and oxygen atoms in total. The first kappa shape index (κ1) is 13.4. The number of rotatable bonds is 3. The molecular weight excluding hydrogens is 290 g/mol. The van der Waals surface area contributed by atoms with E-state index in [4.69, 9.17) is 5.26 Å². The summed E-state index contributed by atoms with van der Waals surface area (Å²) in [5.41, 5.74) is 1.91. The zero-order valence-corrected chi connectivity index (χ0v) is 12.4. The first-order chi connectivity index (χ1) is 8.61. The maximum atomic E-state index is 8.90. The molecule has 18 heavy (non-hydrogen) atoms. The van der Waals surface area contributed by atoms with Gasteiger partial charge in [-0.05, 0) is 61.1 Å². The maximum absolute atomic E-state index is 8.90. The molecule has 1 aromatic rings. The van der Waals surface area contributed by atoms with Crippen molar-refractivity contribution in [1.29, 1.82) is 5.26 Å². The van der Waals surface area contributed by atoms with Crippen molar-refractivity contribution < 1.29 is 0 Å². The average molecular weight is 308 g/mol. The van der Waals surface area contributed by atoms with Gasteiger partial charge < -0.3 is 9.80 Å². The second kappa shape index (κ2) is 5.73. The summed E-state index contributed by atoms with van der Waals surface area (Å²) in [6.45, 7) is 2.18. The van der Waals surface area contributed by atoms with E-state index in [1.807, 2.05) is 12.1 Å². The summed E-state index contributed by atoms with van der Waals surface area (Å²) in [6.07, 6.45) is 2.48. The Kier molecular flexibility index (Phi) is 4.26. The van der Waals surface area contributed by atoms with E-state index in [0.717, 1.165) is 17.6 Å². The maximum Gasteiger partial charge on any atom is 0.0992 e. The number of nitrogens with zero attached hydrogens (tertiary/aromatic N) is 3. The van der Waals surface area contributed by atoms with Gasteiger partial charge in [-0.2, -0.15) is 5.26 Å². The van der Waals surface area contributed by atoms with E-state index in [1.54, 1.807) is 0 Å². The van der Waals surface area contributed by atoms with Crippen LogP contribution in [0.1, 0.15) is 18.4 Å². The summed E-state index contributed by atoms with van der Waals surface area (Å²) in [5, 5.41) is 8.90. The lowest BCUT2D eigenvalue weighted by Crippen LogP contribution is -2.37. The largest absolute Gasteiger partial charge is 0.366 e. The van der Waals surface area contributed by atoms with Crippen molar-refractivity contribution in [3.8, 4) is 6.07 Å². The molecule has 1 aliphatic heterocycles. The molecule has 0 amide bonds. The number of likely N-dealkylation sites (N-methyl/N-ethyl adjacent to an activating group) is 1. The summed E-state index contributed by atoms with van der Waals surface area (Å²) in [7, 11) is 4.23. The third-order valence-electron chi connectivity index (χ3n) is 3.34. The van der Waals surface area contributed by atoms with Crippen LogP contribution in [-0.4, -0.2) is 38.1 Å². The predicted octanol–water partition coefficient (Wildman–Crippen LogP) is 2.85. The molecule has 0 N–H and O–H groups in total. The SMILES string of the molecule is CN(C)CC1CCCN1c1ccc(C#N)cc1Br. The molecule has 0 radical (unpaired) electrons. The summed E-state index contributed by atoms with van der Waals surface area (Å²) in [6, 6.07) is 8.59. The summed E-state index contributed by atoms with van der Waals surface area (Å²) in [4.78, 5) is 4.69. The van der Waals surface area contributed by atoms with Crippen LogP contribution in [0.4, 0.5) is 5.69 Å². The van der Waals surface area contributed by atoms with Crippen molar-refractivity contribution in [2.45, 2.75) is 18.9 Å². The second-order valence-electron chi connectivity index (χ2n) is 5.03. The van der Waals surface area contributed by atoms with Gasteiger partial charge in [0.25, 0.3) is 0 Å². The normalized spacial score (nSPS) is 19.3. The van der Waals surface area contributed by atoms with E-state index in [0.29, 0.717) is 11.6 Å². The van der Waals surface area contributed by atoms with Crippen LogP contribution in [-0.2, 0) is 0 Å². The highest BCUT2D eigenvalue weighted by molar-refractivity contribution is 9.10. The molecule has 0 saturated carbocycles. The Morgan fingerprint density at radius 2 is 2.28 bits per heavy atom. The molecule has 2 rings (SSSR count). The third-order valence-corrected chi connectivity index (χ3v) is 3.97. The van der Waals surface area contributed by atoms with Gasteiger partial charge in [-0.1, -0.05) is 0 Å². The fourth-order valence-electron chi connectivity index (χ4n) is 2.57. The summed E-state index contributed by atoms with van der Waals surface area (Å²) in [5.74, 6) is 0. The van der Waals surface area contributed by atoms with Crippen LogP contribution < -0.4 is 4.90 Å². The number of halogens is 1. The Balaban J connectivity index is 2.22. The molecule has 1 atom stereocenters. The van der Waals surface area contributed by atoms with Crippen molar-refractivity contribution in [2.75, 3.05) is 32.1 Å². The Morgan fingerprint density at radius 1 is 1.50 bits per heavy atom. The molecule has 0 aromatic heterocycles. The van der Waals surface area contributed by atoms with Gasteiger partial charge in [0.1, 0.15) is 0 Å². The molecule has 4 heteroatoms. The van der Waals surface area contributed by atoms with Crippen LogP contribution in [0.25, 0.3) is 0 Å². The zero-order valence-electron chi connectivity index (χ0n) is 10.9. The van der Waals surface area contributed by atoms with Crippen molar-refractivity contribution in [3.63, 3.8) is 0 Å². The van der Waals surface area contributed by atoms with Crippen molar-refractivity contribution in [1.82, 2.24) is 4.90 Å². The van der Waals surface area contributed by atoms with Crippen molar-refractivity contribution >= 4 is 21.6 Å². The van der Waals surface area contributed by atoms with Crippen molar-refractivity contribution in [3.05, 3.63) is 28.2 Å². The standard InChI is InChI=1S/C14H18BrN3/c1-17(2)10-12-4-3-7-18(12)14-6-5-11(9-16)8-13(14)15/h5-6,8,12H,3-4,7,10H2,1-2H3. The van der Waals surface area contributed by atoms with Crippen LogP contribution in [0, 0.1) is 11.3 Å². The van der Waals surface area contributed by atoms with Crippen LogP contribution in [0.5, 0.6) is 0 Å². The topological polar surface area (TPSA) is 30.3 Å². The molecule has 1 aliphatic rings. The fourth-order valence-corrected chi connectivity index (χ4v) is 3.18. The highest BCUT2D eigenvalue weighted by Crippen LogP contribution is 2.32. The molecule has 1 aromatic carbocycles. The van der Waals surface area contributed by atoms with Crippen LogP contribution >= 0.6 is 15.9 Å². The van der Waals surface area contributed by atoms with Crippen LogP contribution in [0.2, 0.25) is 0 Å². The van der Waals surface area contributed by atoms with E-state index in [9.17, 15) is 0 Å². The highest BCUT2D eigenvalue weighted by atomic mass is 79.9. The Morgan fingerprint density at radius 3 is 2.89 bits per heavy atom. The van der Waals surface area contributed by atoms with E-state index >= 15 is 0 Å². The van der Waals surface area contributed by atoms with E-state index in [-0.39, 0.29) is 0 Å². The molecule has 0 bridgehead atoms. The molecule has 1 fully saturated rings. The van der Waals surface area contributed by atoms with E-state index in [2.05, 4.69) is 52.0 Å². The van der Waals surface area contributed by atoms with Gasteiger partial charge in [-0.25, -0.2) is 0 Å². The highest BCUT2D eigenvalue weighted by Gasteiger charge is 2.26. The average Bonchev–Trinajstić information content (AvgIpc) is 2.76. The molecule has 1 saturated heterocycles. The van der Waals surface area contributed by atoms with E-state index < -0.39 is 0 Å². The van der Waals surface area contributed by atoms with Gasteiger partial charge >= 0.3 is 0 Å². The van der Waals surface area contributed by atoms with Gasteiger partial charge in [0.05, 0.1) is 17.3 Å². The number of nitriles is 1. The Bertz CT molecular complexity index is 465. The molecule has 0 aliphatic carbocycles. The predicted molar refractivity (Wildman–Crippen MR) is 77.8 cm³/mol. The first-order valence-corrected chi connectivity index (χ1v) is 7.02. The lowest BCUT2D eigenvalue weighted by Gasteiger charge is -2.29.